The summed E-state index contributed by atoms with van der Waals surface area (Å²) in [4.78, 5) is 3.64. The van der Waals surface area contributed by atoms with Gasteiger partial charge in [0, 0.05) is 56.5 Å². The second kappa shape index (κ2) is 50.0. The Balaban J connectivity index is 0.000000154. The Hall–Kier alpha value is -13.0. The maximum Gasteiger partial charge on any atom is 0.205 e. The maximum atomic E-state index is 14.2. The third-order valence-electron chi connectivity index (χ3n) is 23.7. The third-order valence-corrected chi connectivity index (χ3v) is 33.5. The van der Waals surface area contributed by atoms with Crippen molar-refractivity contribution in [1.82, 2.24) is 0 Å². The molecule has 3 unspecified atom stereocenters. The quantitative estimate of drug-likeness (QED) is 0.0167. The molecule has 144 heavy (non-hydrogen) atoms. The summed E-state index contributed by atoms with van der Waals surface area (Å²) in [6.45, 7) is 19.9. The molecule has 1 aromatic heterocycles. The molecule has 0 aliphatic carbocycles. The van der Waals surface area contributed by atoms with Crippen LogP contribution in [0.15, 0.2) is 372 Å². The molecule has 0 spiro atoms. The highest BCUT2D eigenvalue weighted by atomic mass is 32.2. The van der Waals surface area contributed by atoms with Gasteiger partial charge in [0.2, 0.25) is 17.4 Å². The Morgan fingerprint density at radius 3 is 1.12 bits per heavy atom. The lowest BCUT2D eigenvalue weighted by molar-refractivity contribution is 0.217. The predicted molar refractivity (Wildman–Crippen MR) is 543 cm³/mol. The third kappa shape index (κ3) is 27.8. The van der Waals surface area contributed by atoms with E-state index < -0.39 is 115 Å². The van der Waals surface area contributed by atoms with E-state index >= 15 is 0 Å². The Labute approximate surface area is 839 Å². The van der Waals surface area contributed by atoms with Gasteiger partial charge in [-0.15, -0.1) is 0 Å². The van der Waals surface area contributed by atoms with E-state index in [-0.39, 0.29) is 62.0 Å². The molecule has 13 nitrogen and oxygen atoms in total. The molecular weight excluding hydrogens is 1980 g/mol. The summed E-state index contributed by atoms with van der Waals surface area (Å²) in [5.41, 5.74) is 7.84. The van der Waals surface area contributed by atoms with Crippen LogP contribution in [-0.4, -0.2) is 63.8 Å². The molecule has 30 heteroatoms. The number of aryl methyl sites for hydroxylation is 3. The number of ether oxygens (including phenoxy) is 3. The van der Waals surface area contributed by atoms with Crippen LogP contribution in [0.3, 0.4) is 0 Å². The monoisotopic (exact) mass is 2080 g/mol. The standard InChI is InChI=1S/C21H18F4O3S.C21H21S.C20H17OS.C18H12F3S.C18H22O5S.C16H14F4O4S/c1-3-11(2)13-6-7-14-8-12(4-5-15(14)10-13)9-16-17(22)19(24)21(29(26,27)28)20(25)18(16)23;1-16-10-4-7-13-19(16)22(20-14-8-5-11-17(20)2)21-15-9-6-12-18(21)3;21-14-13-15-9-11-16(12-10-15)22-19-7-3-1-5-17(19)18-6-2-4-8-20(18)22;19-13-1-7-16(8-2-13)22(17-9-3-14(20)4-10-17)18-11-5-15(21)6-12-18;1-3-14(2)15-4-6-16(7-5-15)22-12-13-23-17-8-10-18(11-9-17)24(19,20)21;1-3-8(2)9-5-4-6-10(7-9)24-15-11(17)13(19)16(25(21,22)23)14(20)12(15)18/h4-8,10-11H,3,9H2,1-2H3,(H,26,27,28);4-15H,1-3H3;1-12,21H,13-14H2;1-12H;4-11,14H,3,12-13H2,1-2H3,(H,19,20,21);4-8H,3H2,1-2H3,(H,21,22,23)/q;3*+1;;/p-3. The minimum atomic E-state index is -5.76. The van der Waals surface area contributed by atoms with E-state index in [1.807, 2.05) is 44.2 Å². The zero-order valence-corrected chi connectivity index (χ0v) is 84.4. The van der Waals surface area contributed by atoms with Crippen LogP contribution in [-0.2, 0) is 65.0 Å². The predicted octanol–water partition coefficient (Wildman–Crippen LogP) is 29.6. The maximum absolute atomic E-state index is 14.2. The second-order valence-corrected chi connectivity index (χ2v) is 43.4. The molecule has 0 saturated carbocycles. The summed E-state index contributed by atoms with van der Waals surface area (Å²) >= 11 is 0. The number of aliphatic hydroxyl groups is 1. The zero-order chi connectivity index (χ0) is 104. The molecule has 0 fully saturated rings. The van der Waals surface area contributed by atoms with Gasteiger partial charge in [-0.1, -0.05) is 193 Å². The summed E-state index contributed by atoms with van der Waals surface area (Å²) in [7, 11) is -16.5. The molecule has 1 heterocycles. The molecule has 0 aliphatic rings. The lowest BCUT2D eigenvalue weighted by Gasteiger charge is -2.15. The molecule has 0 radical (unpaired) electrons. The van der Waals surface area contributed by atoms with Gasteiger partial charge < -0.3 is 33.0 Å². The van der Waals surface area contributed by atoms with Crippen molar-refractivity contribution in [3.63, 3.8) is 0 Å². The number of aliphatic hydroxyl groups excluding tert-OH is 1. The van der Waals surface area contributed by atoms with Gasteiger partial charge in [0.1, 0.15) is 99.0 Å². The first-order chi connectivity index (χ1) is 68.7. The molecule has 17 rings (SSSR count). The van der Waals surface area contributed by atoms with Crippen molar-refractivity contribution in [2.45, 2.75) is 156 Å². The van der Waals surface area contributed by atoms with Crippen LogP contribution >= 0.6 is 10.5 Å². The summed E-state index contributed by atoms with van der Waals surface area (Å²) in [6.07, 6.45) is 3.04. The van der Waals surface area contributed by atoms with Crippen molar-refractivity contribution < 1.29 is 107 Å². The number of rotatable bonds is 27. The Morgan fingerprint density at radius 2 is 0.715 bits per heavy atom. The normalized spacial score (nSPS) is 12.0. The number of thiophene rings is 1. The average molecular weight is 2080 g/mol. The number of benzene rings is 16. The number of fused-ring (bicyclic) bond motifs is 4. The number of hydrogen-bond donors (Lipinski definition) is 1. The van der Waals surface area contributed by atoms with Gasteiger partial charge in [-0.3, -0.25) is 0 Å². The lowest BCUT2D eigenvalue weighted by Crippen LogP contribution is -2.13. The van der Waals surface area contributed by atoms with Gasteiger partial charge in [-0.05, 0) is 279 Å². The minimum Gasteiger partial charge on any atom is -0.744 e. The summed E-state index contributed by atoms with van der Waals surface area (Å²) < 4.78 is 268. The largest absolute Gasteiger partial charge is 0.744 e. The van der Waals surface area contributed by atoms with Crippen molar-refractivity contribution in [2.24, 2.45) is 0 Å². The Morgan fingerprint density at radius 1 is 0.347 bits per heavy atom. The highest BCUT2D eigenvalue weighted by molar-refractivity contribution is 7.97. The van der Waals surface area contributed by atoms with Crippen molar-refractivity contribution in [2.75, 3.05) is 19.8 Å². The average Bonchev–Trinajstić information content (AvgIpc) is 1.23. The smallest absolute Gasteiger partial charge is 0.205 e. The molecule has 16 aromatic carbocycles. The molecule has 0 saturated heterocycles. The number of hydrogen-bond acceptors (Lipinski definition) is 13. The van der Waals surface area contributed by atoms with E-state index in [0.29, 0.717) is 36.4 Å². The zero-order valence-electron chi connectivity index (χ0n) is 79.5. The molecule has 0 amide bonds. The van der Waals surface area contributed by atoms with Crippen LogP contribution in [0.5, 0.6) is 23.0 Å². The summed E-state index contributed by atoms with van der Waals surface area (Å²) in [5, 5.41) is 13.5. The van der Waals surface area contributed by atoms with Crippen LogP contribution in [0.2, 0.25) is 0 Å². The van der Waals surface area contributed by atoms with Gasteiger partial charge in [-0.25, -0.2) is 64.8 Å². The first-order valence-corrected chi connectivity index (χ1v) is 53.5. The molecule has 0 aliphatic heterocycles. The van der Waals surface area contributed by atoms with Crippen molar-refractivity contribution >= 4 is 93.6 Å². The van der Waals surface area contributed by atoms with E-state index in [9.17, 15) is 87.2 Å². The van der Waals surface area contributed by atoms with Gasteiger partial charge in [-0.2, -0.15) is 8.78 Å². The number of halogens is 11. The Bertz CT molecular complexity index is 7360. The van der Waals surface area contributed by atoms with E-state index in [2.05, 4.69) is 206 Å². The SMILES string of the molecule is CCC(C)c1ccc(OCCOc2ccc(S(=O)(=O)[O-])cc2)cc1.CCC(C)c1ccc2cc(Cc3c(F)c(F)c(S(=O)(=O)[O-])c(F)c3F)ccc2c1.CCC(C)c1cccc(Oc2c(F)c(F)c(S(=O)(=O)[O-])c(F)c2F)c1.Cc1ccccc1[S+](c1ccccc1C)c1ccccc1C.Fc1ccc([S+](c2ccc(F)cc2)c2ccc(F)cc2)cc1.OCCc1ccc(-[s+]2c3ccccc3c3ccccc32)cc1. The van der Waals surface area contributed by atoms with Gasteiger partial charge in [0.05, 0.1) is 15.8 Å². The molecular formula is C114H101F11O13S6. The van der Waals surface area contributed by atoms with Crippen LogP contribution in [0.1, 0.15) is 129 Å². The van der Waals surface area contributed by atoms with Crippen LogP contribution in [0.4, 0.5) is 48.3 Å². The van der Waals surface area contributed by atoms with Crippen molar-refractivity contribution in [1.29, 1.82) is 0 Å². The summed E-state index contributed by atoms with van der Waals surface area (Å²) in [6, 6.07) is 101. The topological polar surface area (TPSA) is 220 Å². The molecule has 3 atom stereocenters. The van der Waals surface area contributed by atoms with Crippen molar-refractivity contribution in [3.05, 3.63) is 442 Å². The van der Waals surface area contributed by atoms with Gasteiger partial charge in [0.25, 0.3) is 0 Å². The highest BCUT2D eigenvalue weighted by Crippen LogP contribution is 2.49. The lowest BCUT2D eigenvalue weighted by atomic mass is 9.94. The molecule has 748 valence electrons. The fourth-order valence-electron chi connectivity index (χ4n) is 15.4. The van der Waals surface area contributed by atoms with E-state index in [1.165, 1.54) is 146 Å². The van der Waals surface area contributed by atoms with Crippen LogP contribution in [0, 0.1) is 84.8 Å². The first kappa shape index (κ1) is 110. The highest BCUT2D eigenvalue weighted by Gasteiger charge is 2.36. The van der Waals surface area contributed by atoms with Gasteiger partial charge >= 0.3 is 0 Å². The first-order valence-electron chi connectivity index (χ1n) is 45.6. The van der Waals surface area contributed by atoms with Crippen LogP contribution < -0.4 is 14.2 Å². The second-order valence-electron chi connectivity index (χ2n) is 33.5. The van der Waals surface area contributed by atoms with Crippen LogP contribution in [0.25, 0.3) is 35.8 Å². The fraction of sp³-hybridized carbons (Fsp3) is 0.175. The Kier molecular flexibility index (Phi) is 38.1. The van der Waals surface area contributed by atoms with E-state index in [0.717, 1.165) is 68.0 Å². The molecule has 0 bridgehead atoms. The minimum absolute atomic E-state index is 0.0153. The van der Waals surface area contributed by atoms with Gasteiger partial charge in [0.15, 0.2) is 78.6 Å². The van der Waals surface area contributed by atoms with E-state index in [1.54, 1.807) is 60.7 Å². The van der Waals surface area contributed by atoms with Crippen molar-refractivity contribution in [3.8, 4) is 27.9 Å². The van der Waals surface area contributed by atoms with E-state index in [4.69, 9.17) is 19.3 Å². The molecule has 17 aromatic rings. The summed E-state index contributed by atoms with van der Waals surface area (Å²) in [5.74, 6) is -17.4. The molecule has 1 N–H and O–H groups in total. The fourth-order valence-corrected chi connectivity index (χ4v) is 24.0.